The van der Waals surface area contributed by atoms with E-state index in [-0.39, 0.29) is 11.1 Å². The van der Waals surface area contributed by atoms with Crippen molar-refractivity contribution in [3.8, 4) is 0 Å². The van der Waals surface area contributed by atoms with Crippen molar-refractivity contribution < 1.29 is 0 Å². The molecule has 1 unspecified atom stereocenters. The molecule has 3 saturated heterocycles. The van der Waals surface area contributed by atoms with Gasteiger partial charge < -0.3 is 5.32 Å². The Hall–Kier alpha value is -0.120. The van der Waals surface area contributed by atoms with Crippen molar-refractivity contribution in [2.45, 2.75) is 95.9 Å². The first-order chi connectivity index (χ1) is 9.76. The number of rotatable bonds is 2. The van der Waals surface area contributed by atoms with Crippen molar-refractivity contribution in [2.75, 3.05) is 19.6 Å². The van der Waals surface area contributed by atoms with Crippen molar-refractivity contribution in [3.05, 3.63) is 0 Å². The van der Waals surface area contributed by atoms with Crippen LogP contribution in [-0.4, -0.2) is 58.6 Å². The number of hydrogen-bond acceptors (Lipinski definition) is 3. The maximum atomic E-state index is 3.81. The number of nitrogens with one attached hydrogen (secondary N) is 1. The Labute approximate surface area is 131 Å². The van der Waals surface area contributed by atoms with Gasteiger partial charge >= 0.3 is 0 Å². The first-order valence-corrected chi connectivity index (χ1v) is 9.05. The van der Waals surface area contributed by atoms with E-state index in [0.717, 1.165) is 18.1 Å². The Morgan fingerprint density at radius 2 is 1.52 bits per heavy atom. The SMILES string of the molecule is CC1CCCCN1C1CN(C2CC(C)(C)NC(C)(C)C2)C1. The zero-order valence-corrected chi connectivity index (χ0v) is 14.8. The highest BCUT2D eigenvalue weighted by atomic mass is 15.3. The molecule has 1 N–H and O–H groups in total. The number of hydrogen-bond donors (Lipinski definition) is 1. The molecule has 0 saturated carbocycles. The molecule has 3 rings (SSSR count). The molecular formula is C18H35N3. The van der Waals surface area contributed by atoms with Crippen molar-refractivity contribution in [3.63, 3.8) is 0 Å². The van der Waals surface area contributed by atoms with Crippen LogP contribution in [0.15, 0.2) is 0 Å². The average Bonchev–Trinajstić information content (AvgIpc) is 2.25. The molecule has 0 aliphatic carbocycles. The Kier molecular flexibility index (Phi) is 4.13. The van der Waals surface area contributed by atoms with Crippen LogP contribution in [0.5, 0.6) is 0 Å². The Balaban J connectivity index is 1.56. The lowest BCUT2D eigenvalue weighted by Gasteiger charge is -2.56. The van der Waals surface area contributed by atoms with Gasteiger partial charge in [0, 0.05) is 42.3 Å². The van der Waals surface area contributed by atoms with E-state index in [9.17, 15) is 0 Å². The largest absolute Gasteiger partial charge is 0.307 e. The number of nitrogens with zero attached hydrogens (tertiary/aromatic N) is 2. The van der Waals surface area contributed by atoms with Gasteiger partial charge in [-0.1, -0.05) is 6.42 Å². The smallest absolute Gasteiger partial charge is 0.0353 e. The van der Waals surface area contributed by atoms with Crippen molar-refractivity contribution >= 4 is 0 Å². The van der Waals surface area contributed by atoms with Crippen LogP contribution in [0.3, 0.4) is 0 Å². The van der Waals surface area contributed by atoms with E-state index in [1.54, 1.807) is 0 Å². The zero-order valence-electron chi connectivity index (χ0n) is 14.8. The maximum Gasteiger partial charge on any atom is 0.0353 e. The van der Waals surface area contributed by atoms with Gasteiger partial charge in [-0.3, -0.25) is 9.80 Å². The van der Waals surface area contributed by atoms with Gasteiger partial charge in [-0.25, -0.2) is 0 Å². The molecule has 0 radical (unpaired) electrons. The summed E-state index contributed by atoms with van der Waals surface area (Å²) in [6.45, 7) is 15.8. The fourth-order valence-corrected chi connectivity index (χ4v) is 5.19. The van der Waals surface area contributed by atoms with E-state index < -0.39 is 0 Å². The molecule has 0 aromatic heterocycles. The van der Waals surface area contributed by atoms with E-state index in [4.69, 9.17) is 0 Å². The van der Waals surface area contributed by atoms with Crippen LogP contribution in [0.4, 0.5) is 0 Å². The summed E-state index contributed by atoms with van der Waals surface area (Å²) in [4.78, 5) is 5.55. The topological polar surface area (TPSA) is 18.5 Å². The van der Waals surface area contributed by atoms with Crippen LogP contribution in [0.2, 0.25) is 0 Å². The summed E-state index contributed by atoms with van der Waals surface area (Å²) >= 11 is 0. The van der Waals surface area contributed by atoms with Crippen LogP contribution in [0, 0.1) is 0 Å². The highest BCUT2D eigenvalue weighted by molar-refractivity contribution is 5.04. The summed E-state index contributed by atoms with van der Waals surface area (Å²) in [5, 5.41) is 3.81. The van der Waals surface area contributed by atoms with E-state index in [1.165, 1.54) is 51.7 Å². The van der Waals surface area contributed by atoms with Gasteiger partial charge in [-0.15, -0.1) is 0 Å². The summed E-state index contributed by atoms with van der Waals surface area (Å²) in [5.74, 6) is 0. The third-order valence-corrected chi connectivity index (χ3v) is 5.90. The minimum absolute atomic E-state index is 0.274. The minimum atomic E-state index is 0.274. The Bertz CT molecular complexity index is 355. The zero-order chi connectivity index (χ0) is 15.3. The molecule has 0 bridgehead atoms. The molecule has 3 fully saturated rings. The summed E-state index contributed by atoms with van der Waals surface area (Å²) in [6.07, 6.45) is 6.83. The van der Waals surface area contributed by atoms with Crippen LogP contribution in [-0.2, 0) is 0 Å². The summed E-state index contributed by atoms with van der Waals surface area (Å²) < 4.78 is 0. The molecule has 3 heterocycles. The fourth-order valence-electron chi connectivity index (χ4n) is 5.19. The maximum absolute atomic E-state index is 3.81. The van der Waals surface area contributed by atoms with Crippen LogP contribution in [0.1, 0.15) is 66.7 Å². The van der Waals surface area contributed by atoms with Crippen molar-refractivity contribution in [1.82, 2.24) is 15.1 Å². The summed E-state index contributed by atoms with van der Waals surface area (Å²) in [6, 6.07) is 2.42. The summed E-state index contributed by atoms with van der Waals surface area (Å²) in [5.41, 5.74) is 0.547. The normalized spacial score (nSPS) is 35.6. The van der Waals surface area contributed by atoms with E-state index in [0.29, 0.717) is 0 Å². The van der Waals surface area contributed by atoms with E-state index >= 15 is 0 Å². The second kappa shape index (κ2) is 5.50. The van der Waals surface area contributed by atoms with Crippen LogP contribution < -0.4 is 5.32 Å². The molecule has 0 aromatic carbocycles. The molecule has 3 heteroatoms. The first kappa shape index (κ1) is 15.8. The second-order valence-electron chi connectivity index (χ2n) is 9.15. The van der Waals surface area contributed by atoms with Crippen molar-refractivity contribution in [1.29, 1.82) is 0 Å². The lowest BCUT2D eigenvalue weighted by molar-refractivity contribution is -0.0486. The second-order valence-corrected chi connectivity index (χ2v) is 9.15. The summed E-state index contributed by atoms with van der Waals surface area (Å²) in [7, 11) is 0. The van der Waals surface area contributed by atoms with Gasteiger partial charge in [0.25, 0.3) is 0 Å². The standard InChI is InChI=1S/C18H35N3/c1-14-8-6-7-9-21(14)16-12-20(13-16)15-10-17(2,3)19-18(4,5)11-15/h14-16,19H,6-13H2,1-5H3. The lowest BCUT2D eigenvalue weighted by Crippen LogP contribution is -2.69. The van der Waals surface area contributed by atoms with Gasteiger partial charge in [0.15, 0.2) is 0 Å². The van der Waals surface area contributed by atoms with Gasteiger partial charge in [0.05, 0.1) is 0 Å². The molecule has 3 nitrogen and oxygen atoms in total. The number of piperidine rings is 2. The van der Waals surface area contributed by atoms with Gasteiger partial charge in [0.2, 0.25) is 0 Å². The van der Waals surface area contributed by atoms with Crippen LogP contribution in [0.25, 0.3) is 0 Å². The monoisotopic (exact) mass is 293 g/mol. The number of likely N-dealkylation sites (tertiary alicyclic amines) is 2. The predicted molar refractivity (Wildman–Crippen MR) is 89.7 cm³/mol. The highest BCUT2D eigenvalue weighted by Gasteiger charge is 2.44. The van der Waals surface area contributed by atoms with Gasteiger partial charge in [-0.2, -0.15) is 0 Å². The predicted octanol–water partition coefficient (Wildman–Crippen LogP) is 2.85. The molecule has 0 aromatic rings. The quantitative estimate of drug-likeness (QED) is 0.844. The van der Waals surface area contributed by atoms with E-state index in [2.05, 4.69) is 49.7 Å². The Morgan fingerprint density at radius 1 is 0.905 bits per heavy atom. The van der Waals surface area contributed by atoms with Crippen molar-refractivity contribution in [2.24, 2.45) is 0 Å². The molecule has 0 amide bonds. The third-order valence-electron chi connectivity index (χ3n) is 5.90. The molecule has 0 spiro atoms. The average molecular weight is 293 g/mol. The highest BCUT2D eigenvalue weighted by Crippen LogP contribution is 2.35. The van der Waals surface area contributed by atoms with E-state index in [1.807, 2.05) is 0 Å². The lowest BCUT2D eigenvalue weighted by atomic mass is 9.78. The minimum Gasteiger partial charge on any atom is -0.307 e. The molecule has 3 aliphatic rings. The Morgan fingerprint density at radius 3 is 2.10 bits per heavy atom. The van der Waals surface area contributed by atoms with Crippen LogP contribution >= 0.6 is 0 Å². The molecule has 1 atom stereocenters. The molecule has 122 valence electrons. The molecular weight excluding hydrogens is 258 g/mol. The van der Waals surface area contributed by atoms with Gasteiger partial charge in [0.1, 0.15) is 0 Å². The van der Waals surface area contributed by atoms with Gasteiger partial charge in [-0.05, 0) is 66.8 Å². The molecule has 21 heavy (non-hydrogen) atoms. The molecule has 3 aliphatic heterocycles. The third kappa shape index (κ3) is 3.46. The first-order valence-electron chi connectivity index (χ1n) is 9.05. The fraction of sp³-hybridized carbons (Fsp3) is 1.00.